The predicted molar refractivity (Wildman–Crippen MR) is 130 cm³/mol. The lowest BCUT2D eigenvalue weighted by molar-refractivity contribution is -0.162. The van der Waals surface area contributed by atoms with E-state index in [4.69, 9.17) is 9.47 Å². The van der Waals surface area contributed by atoms with E-state index in [-0.39, 0.29) is 23.9 Å². The first kappa shape index (κ1) is 24.0. The van der Waals surface area contributed by atoms with Crippen molar-refractivity contribution in [1.29, 1.82) is 0 Å². The first-order valence-corrected chi connectivity index (χ1v) is 12.2. The number of carbonyl (C=O) groups excluding carboxylic acids is 2. The summed E-state index contributed by atoms with van der Waals surface area (Å²) in [6.45, 7) is 6.44. The number of esters is 1. The number of hydrogen-bond acceptors (Lipinski definition) is 7. The highest BCUT2D eigenvalue weighted by atomic mass is 32.2. The number of carbonyl (C=O) groups is 2. The summed E-state index contributed by atoms with van der Waals surface area (Å²) in [7, 11) is 0. The molecule has 1 fully saturated rings. The van der Waals surface area contributed by atoms with Gasteiger partial charge in [-0.15, -0.1) is 10.2 Å². The van der Waals surface area contributed by atoms with E-state index >= 15 is 0 Å². The van der Waals surface area contributed by atoms with Gasteiger partial charge in [0, 0.05) is 24.3 Å². The van der Waals surface area contributed by atoms with E-state index < -0.39 is 12.1 Å². The molecule has 9 heteroatoms. The summed E-state index contributed by atoms with van der Waals surface area (Å²) >= 11 is 1.23. The van der Waals surface area contributed by atoms with Crippen LogP contribution in [-0.4, -0.2) is 68.7 Å². The smallest absolute Gasteiger partial charge is 0.317 e. The van der Waals surface area contributed by atoms with Crippen molar-refractivity contribution in [3.05, 3.63) is 60.7 Å². The van der Waals surface area contributed by atoms with E-state index in [0.717, 1.165) is 11.3 Å². The number of morpholine rings is 1. The van der Waals surface area contributed by atoms with Gasteiger partial charge in [0.05, 0.1) is 18.0 Å². The molecule has 0 bridgehead atoms. The average molecular weight is 481 g/mol. The SMILES string of the molecule is CC1CN(C(=O)C(C)OC(=O)CSc2nnc(-c3ccccc3)n2-c2ccccc2)CC(C)O1. The van der Waals surface area contributed by atoms with Crippen molar-refractivity contribution in [3.8, 4) is 17.1 Å². The summed E-state index contributed by atoms with van der Waals surface area (Å²) in [5.74, 6) is -0.00201. The Balaban J connectivity index is 1.44. The molecule has 1 aromatic heterocycles. The number of hydrogen-bond donors (Lipinski definition) is 0. The predicted octanol–water partition coefficient (Wildman–Crippen LogP) is 3.59. The lowest BCUT2D eigenvalue weighted by Crippen LogP contribution is -2.51. The Hall–Kier alpha value is -3.17. The number of thioether (sulfide) groups is 1. The van der Waals surface area contributed by atoms with Gasteiger partial charge in [-0.2, -0.15) is 0 Å². The Labute approximate surface area is 203 Å². The second-order valence-electron chi connectivity index (χ2n) is 8.26. The first-order chi connectivity index (χ1) is 16.4. The van der Waals surface area contributed by atoms with Crippen LogP contribution in [0.15, 0.2) is 65.8 Å². The monoisotopic (exact) mass is 480 g/mol. The van der Waals surface area contributed by atoms with Gasteiger partial charge >= 0.3 is 5.97 Å². The maximum atomic E-state index is 12.8. The number of rotatable bonds is 7. The first-order valence-electron chi connectivity index (χ1n) is 11.2. The summed E-state index contributed by atoms with van der Waals surface area (Å²) in [6, 6.07) is 19.5. The lowest BCUT2D eigenvalue weighted by Gasteiger charge is -2.36. The summed E-state index contributed by atoms with van der Waals surface area (Å²) in [5, 5.41) is 9.26. The molecule has 0 saturated carbocycles. The van der Waals surface area contributed by atoms with Crippen LogP contribution in [0.2, 0.25) is 0 Å². The van der Waals surface area contributed by atoms with Crippen LogP contribution >= 0.6 is 11.8 Å². The van der Waals surface area contributed by atoms with E-state index in [9.17, 15) is 9.59 Å². The largest absolute Gasteiger partial charge is 0.452 e. The second kappa shape index (κ2) is 10.8. The van der Waals surface area contributed by atoms with Crippen LogP contribution in [-0.2, 0) is 19.1 Å². The molecule has 0 radical (unpaired) electrons. The molecule has 0 aliphatic carbocycles. The number of aromatic nitrogens is 3. The number of benzene rings is 2. The van der Waals surface area contributed by atoms with E-state index in [1.165, 1.54) is 11.8 Å². The third-order valence-corrected chi connectivity index (χ3v) is 6.29. The molecule has 1 aliphatic heterocycles. The molecule has 3 atom stereocenters. The van der Waals surface area contributed by atoms with Gasteiger partial charge in [0.2, 0.25) is 0 Å². The molecule has 4 rings (SSSR count). The highest BCUT2D eigenvalue weighted by molar-refractivity contribution is 7.99. The van der Waals surface area contributed by atoms with Crippen LogP contribution in [0, 0.1) is 0 Å². The van der Waals surface area contributed by atoms with Gasteiger partial charge in [-0.3, -0.25) is 14.2 Å². The van der Waals surface area contributed by atoms with Crippen LogP contribution in [0.5, 0.6) is 0 Å². The fourth-order valence-electron chi connectivity index (χ4n) is 3.97. The van der Waals surface area contributed by atoms with E-state index in [2.05, 4.69) is 10.2 Å². The highest BCUT2D eigenvalue weighted by Gasteiger charge is 2.30. The minimum atomic E-state index is -0.863. The minimum Gasteiger partial charge on any atom is -0.452 e. The highest BCUT2D eigenvalue weighted by Crippen LogP contribution is 2.28. The van der Waals surface area contributed by atoms with Gasteiger partial charge < -0.3 is 14.4 Å². The number of para-hydroxylation sites is 1. The molecule has 34 heavy (non-hydrogen) atoms. The van der Waals surface area contributed by atoms with Gasteiger partial charge in [0.15, 0.2) is 17.1 Å². The van der Waals surface area contributed by atoms with Gasteiger partial charge in [0.1, 0.15) is 0 Å². The second-order valence-corrected chi connectivity index (χ2v) is 9.21. The molecule has 1 saturated heterocycles. The average Bonchev–Trinajstić information content (AvgIpc) is 3.26. The number of ether oxygens (including phenoxy) is 2. The fourth-order valence-corrected chi connectivity index (χ4v) is 4.70. The van der Waals surface area contributed by atoms with Crippen molar-refractivity contribution in [2.45, 2.75) is 44.2 Å². The molecule has 3 aromatic rings. The van der Waals surface area contributed by atoms with Crippen molar-refractivity contribution < 1.29 is 19.1 Å². The maximum Gasteiger partial charge on any atom is 0.317 e. The molecule has 2 aromatic carbocycles. The number of nitrogens with zero attached hydrogens (tertiary/aromatic N) is 4. The van der Waals surface area contributed by atoms with Crippen molar-refractivity contribution in [1.82, 2.24) is 19.7 Å². The van der Waals surface area contributed by atoms with Gasteiger partial charge in [-0.05, 0) is 32.9 Å². The fraction of sp³-hybridized carbons (Fsp3) is 0.360. The van der Waals surface area contributed by atoms with Crippen LogP contribution in [0.1, 0.15) is 20.8 Å². The minimum absolute atomic E-state index is 0.00724. The van der Waals surface area contributed by atoms with Gasteiger partial charge in [-0.25, -0.2) is 0 Å². The Morgan fingerprint density at radius 2 is 1.65 bits per heavy atom. The summed E-state index contributed by atoms with van der Waals surface area (Å²) in [5.41, 5.74) is 1.81. The standard InChI is InChI=1S/C25H28N4O4S/c1-17-14-28(15-18(2)32-17)24(31)19(3)33-22(30)16-34-25-27-26-23(20-10-6-4-7-11-20)29(25)21-12-8-5-9-13-21/h4-13,17-19H,14-16H2,1-3H3. The summed E-state index contributed by atoms with van der Waals surface area (Å²) in [6.07, 6.45) is -0.957. The molecular formula is C25H28N4O4S. The van der Waals surface area contributed by atoms with E-state index in [1.807, 2.05) is 79.1 Å². The van der Waals surface area contributed by atoms with E-state index in [1.54, 1.807) is 11.8 Å². The zero-order valence-corrected chi connectivity index (χ0v) is 20.3. The molecule has 178 valence electrons. The van der Waals surface area contributed by atoms with Crippen LogP contribution in [0.3, 0.4) is 0 Å². The maximum absolute atomic E-state index is 12.8. The normalized spacial score (nSPS) is 19.0. The molecule has 2 heterocycles. The van der Waals surface area contributed by atoms with Crippen molar-refractivity contribution >= 4 is 23.6 Å². The molecule has 0 N–H and O–H groups in total. The molecular weight excluding hydrogens is 452 g/mol. The zero-order chi connectivity index (χ0) is 24.1. The summed E-state index contributed by atoms with van der Waals surface area (Å²) < 4.78 is 13.0. The van der Waals surface area contributed by atoms with Gasteiger partial charge in [-0.1, -0.05) is 60.3 Å². The Kier molecular flexibility index (Phi) is 7.64. The van der Waals surface area contributed by atoms with Gasteiger partial charge in [0.25, 0.3) is 5.91 Å². The summed E-state index contributed by atoms with van der Waals surface area (Å²) in [4.78, 5) is 27.0. The van der Waals surface area contributed by atoms with Crippen molar-refractivity contribution in [2.24, 2.45) is 0 Å². The van der Waals surface area contributed by atoms with Crippen LogP contribution in [0.4, 0.5) is 0 Å². The van der Waals surface area contributed by atoms with E-state index in [0.29, 0.717) is 24.1 Å². The molecule has 1 amide bonds. The molecule has 3 unspecified atom stereocenters. The topological polar surface area (TPSA) is 86.5 Å². The number of amides is 1. The third-order valence-electron chi connectivity index (χ3n) is 5.39. The molecule has 1 aliphatic rings. The van der Waals surface area contributed by atoms with Crippen molar-refractivity contribution in [3.63, 3.8) is 0 Å². The zero-order valence-electron chi connectivity index (χ0n) is 19.5. The lowest BCUT2D eigenvalue weighted by atomic mass is 10.2. The molecule has 0 spiro atoms. The van der Waals surface area contributed by atoms with Crippen LogP contribution < -0.4 is 0 Å². The third kappa shape index (κ3) is 5.66. The van der Waals surface area contributed by atoms with Crippen molar-refractivity contribution in [2.75, 3.05) is 18.8 Å². The van der Waals surface area contributed by atoms with Crippen LogP contribution in [0.25, 0.3) is 17.1 Å². The Morgan fingerprint density at radius 3 is 2.29 bits per heavy atom. The quantitative estimate of drug-likeness (QED) is 0.377. The Bertz CT molecular complexity index is 1110. The molecule has 8 nitrogen and oxygen atoms in total. The Morgan fingerprint density at radius 1 is 1.03 bits per heavy atom.